The Bertz CT molecular complexity index is 845. The van der Waals surface area contributed by atoms with Gasteiger partial charge >= 0.3 is 0 Å². The van der Waals surface area contributed by atoms with Gasteiger partial charge in [0.1, 0.15) is 0 Å². The van der Waals surface area contributed by atoms with E-state index in [0.717, 1.165) is 35.5 Å². The lowest BCUT2D eigenvalue weighted by molar-refractivity contribution is 0.0486. The molecule has 6 heteroatoms. The Balaban J connectivity index is 1.55. The second-order valence-electron chi connectivity index (χ2n) is 7.23. The number of benzene rings is 2. The molecule has 0 bridgehead atoms. The van der Waals surface area contributed by atoms with Crippen molar-refractivity contribution < 1.29 is 23.7 Å². The van der Waals surface area contributed by atoms with Crippen molar-refractivity contribution in [2.45, 2.75) is 24.9 Å². The lowest BCUT2D eigenvalue weighted by Crippen LogP contribution is -2.44. The summed E-state index contributed by atoms with van der Waals surface area (Å²) in [6.45, 7) is 2.54. The van der Waals surface area contributed by atoms with Crippen LogP contribution in [-0.4, -0.2) is 39.6 Å². The van der Waals surface area contributed by atoms with Gasteiger partial charge in [-0.15, -0.1) is 0 Å². The molecule has 148 valence electrons. The van der Waals surface area contributed by atoms with Crippen LogP contribution in [0.2, 0.25) is 0 Å². The highest BCUT2D eigenvalue weighted by Crippen LogP contribution is 2.40. The van der Waals surface area contributed by atoms with E-state index in [0.29, 0.717) is 31.9 Å². The van der Waals surface area contributed by atoms with E-state index in [1.54, 1.807) is 7.11 Å². The summed E-state index contributed by atoms with van der Waals surface area (Å²) in [7, 11) is 1.63. The second-order valence-corrected chi connectivity index (χ2v) is 7.23. The number of methoxy groups -OCH3 is 1. The molecule has 0 atom stereocenters. The number of hydrogen-bond donors (Lipinski definition) is 1. The number of carbonyl (C=O) groups is 1. The summed E-state index contributed by atoms with van der Waals surface area (Å²) < 4.78 is 21.8. The van der Waals surface area contributed by atoms with E-state index in [-0.39, 0.29) is 18.1 Å². The van der Waals surface area contributed by atoms with Crippen LogP contribution in [0.3, 0.4) is 0 Å². The topological polar surface area (TPSA) is 66.0 Å². The molecule has 4 rings (SSSR count). The molecule has 0 aliphatic carbocycles. The molecule has 2 aromatic carbocycles. The van der Waals surface area contributed by atoms with Gasteiger partial charge in [-0.2, -0.15) is 0 Å². The van der Waals surface area contributed by atoms with Crippen LogP contribution >= 0.6 is 0 Å². The fraction of sp³-hybridized carbons (Fsp3) is 0.409. The van der Waals surface area contributed by atoms with E-state index in [1.807, 2.05) is 36.4 Å². The Labute approximate surface area is 164 Å². The first-order valence-corrected chi connectivity index (χ1v) is 9.55. The van der Waals surface area contributed by atoms with Crippen LogP contribution in [0.15, 0.2) is 42.5 Å². The maximum absolute atomic E-state index is 12.9. The summed E-state index contributed by atoms with van der Waals surface area (Å²) in [5.41, 5.74) is 2.49. The molecule has 2 heterocycles. The third kappa shape index (κ3) is 3.70. The van der Waals surface area contributed by atoms with E-state index in [2.05, 4.69) is 11.4 Å². The molecule has 2 aliphatic rings. The number of fused-ring (bicyclic) bond motifs is 1. The summed E-state index contributed by atoms with van der Waals surface area (Å²) >= 11 is 0. The zero-order valence-electron chi connectivity index (χ0n) is 16.0. The molecule has 0 aromatic heterocycles. The van der Waals surface area contributed by atoms with Gasteiger partial charge < -0.3 is 24.3 Å². The molecular weight excluding hydrogens is 358 g/mol. The Morgan fingerprint density at radius 2 is 1.89 bits per heavy atom. The number of rotatable bonds is 6. The molecule has 0 radical (unpaired) electrons. The largest absolute Gasteiger partial charge is 0.454 e. The maximum Gasteiger partial charge on any atom is 0.251 e. The Hall–Kier alpha value is -2.57. The predicted octanol–water partition coefficient (Wildman–Crippen LogP) is 3.04. The minimum Gasteiger partial charge on any atom is -0.454 e. The predicted molar refractivity (Wildman–Crippen MR) is 104 cm³/mol. The van der Waals surface area contributed by atoms with Gasteiger partial charge in [-0.25, -0.2) is 0 Å². The van der Waals surface area contributed by atoms with E-state index in [4.69, 9.17) is 18.9 Å². The van der Waals surface area contributed by atoms with Crippen molar-refractivity contribution >= 4 is 5.91 Å². The zero-order chi connectivity index (χ0) is 19.4. The van der Waals surface area contributed by atoms with Crippen LogP contribution in [-0.2, 0) is 21.5 Å². The summed E-state index contributed by atoms with van der Waals surface area (Å²) in [5.74, 6) is 1.45. The molecule has 0 unspecified atom stereocenters. The van der Waals surface area contributed by atoms with E-state index in [1.165, 1.54) is 0 Å². The number of hydrogen-bond acceptors (Lipinski definition) is 5. The first-order chi connectivity index (χ1) is 13.7. The Morgan fingerprint density at radius 3 is 2.71 bits per heavy atom. The highest BCUT2D eigenvalue weighted by molar-refractivity contribution is 5.95. The molecule has 0 spiro atoms. The molecule has 2 aliphatic heterocycles. The van der Waals surface area contributed by atoms with Crippen LogP contribution in [0.1, 0.15) is 34.3 Å². The number of nitrogens with one attached hydrogen (secondary N) is 1. The van der Waals surface area contributed by atoms with Crippen molar-refractivity contribution in [1.29, 1.82) is 0 Å². The minimum atomic E-state index is -0.189. The SMILES string of the molecule is COCc1ccccc1C(=O)NCC1(c2ccc3c(c2)OCO3)CCOCC1. The molecule has 2 aromatic rings. The van der Waals surface area contributed by atoms with E-state index < -0.39 is 0 Å². The Kier molecular flexibility index (Phi) is 5.50. The van der Waals surface area contributed by atoms with Crippen molar-refractivity contribution in [2.75, 3.05) is 33.7 Å². The fourth-order valence-corrected chi connectivity index (χ4v) is 3.92. The van der Waals surface area contributed by atoms with Crippen LogP contribution < -0.4 is 14.8 Å². The quantitative estimate of drug-likeness (QED) is 0.831. The molecule has 1 amide bonds. The third-order valence-corrected chi connectivity index (χ3v) is 5.58. The minimum absolute atomic E-state index is 0.0840. The molecule has 28 heavy (non-hydrogen) atoms. The number of carbonyl (C=O) groups excluding carboxylic acids is 1. The normalized spacial score (nSPS) is 17.3. The molecule has 0 saturated carbocycles. The van der Waals surface area contributed by atoms with Crippen LogP contribution in [0, 0.1) is 0 Å². The van der Waals surface area contributed by atoms with Crippen molar-refractivity contribution in [2.24, 2.45) is 0 Å². The van der Waals surface area contributed by atoms with E-state index in [9.17, 15) is 4.79 Å². The van der Waals surface area contributed by atoms with Crippen molar-refractivity contribution in [3.05, 3.63) is 59.2 Å². The fourth-order valence-electron chi connectivity index (χ4n) is 3.92. The molecule has 1 saturated heterocycles. The van der Waals surface area contributed by atoms with Gasteiger partial charge in [0.05, 0.1) is 6.61 Å². The maximum atomic E-state index is 12.9. The van der Waals surface area contributed by atoms with Crippen molar-refractivity contribution in [3.63, 3.8) is 0 Å². The number of amides is 1. The van der Waals surface area contributed by atoms with Crippen molar-refractivity contribution in [3.8, 4) is 11.5 Å². The van der Waals surface area contributed by atoms with Gasteiger partial charge in [-0.3, -0.25) is 4.79 Å². The van der Waals surface area contributed by atoms with Gasteiger partial charge in [0, 0.05) is 37.8 Å². The zero-order valence-corrected chi connectivity index (χ0v) is 16.0. The summed E-state index contributed by atoms with van der Waals surface area (Å²) in [5, 5.41) is 3.15. The lowest BCUT2D eigenvalue weighted by atomic mass is 9.74. The molecule has 6 nitrogen and oxygen atoms in total. The van der Waals surface area contributed by atoms with Gasteiger partial charge in [0.25, 0.3) is 5.91 Å². The highest BCUT2D eigenvalue weighted by atomic mass is 16.7. The second kappa shape index (κ2) is 8.20. The molecular formula is C22H25NO5. The Morgan fingerprint density at radius 1 is 1.11 bits per heavy atom. The number of ether oxygens (including phenoxy) is 4. The molecule has 1 N–H and O–H groups in total. The van der Waals surface area contributed by atoms with E-state index >= 15 is 0 Å². The van der Waals surface area contributed by atoms with Crippen LogP contribution in [0.25, 0.3) is 0 Å². The van der Waals surface area contributed by atoms with Gasteiger partial charge in [-0.05, 0) is 42.2 Å². The van der Waals surface area contributed by atoms with Crippen LogP contribution in [0.5, 0.6) is 11.5 Å². The first kappa shape index (κ1) is 18.8. The summed E-state index contributed by atoms with van der Waals surface area (Å²) in [6.07, 6.45) is 1.68. The summed E-state index contributed by atoms with van der Waals surface area (Å²) in [6, 6.07) is 13.6. The van der Waals surface area contributed by atoms with Gasteiger partial charge in [-0.1, -0.05) is 24.3 Å². The monoisotopic (exact) mass is 383 g/mol. The van der Waals surface area contributed by atoms with Crippen molar-refractivity contribution in [1.82, 2.24) is 5.32 Å². The first-order valence-electron chi connectivity index (χ1n) is 9.55. The van der Waals surface area contributed by atoms with Gasteiger partial charge in [0.15, 0.2) is 11.5 Å². The molecule has 1 fully saturated rings. The third-order valence-electron chi connectivity index (χ3n) is 5.58. The van der Waals surface area contributed by atoms with Crippen LogP contribution in [0.4, 0.5) is 0 Å². The smallest absolute Gasteiger partial charge is 0.251 e. The standard InChI is InChI=1S/C22H25NO5/c1-25-13-16-4-2-3-5-18(16)21(24)23-14-22(8-10-26-11-9-22)17-6-7-19-20(12-17)28-15-27-19/h2-7,12H,8-11,13-15H2,1H3,(H,23,24). The average molecular weight is 383 g/mol. The highest BCUT2D eigenvalue weighted by Gasteiger charge is 2.36. The summed E-state index contributed by atoms with van der Waals surface area (Å²) in [4.78, 5) is 12.9. The average Bonchev–Trinajstić information content (AvgIpc) is 3.21. The van der Waals surface area contributed by atoms with Gasteiger partial charge in [0.2, 0.25) is 6.79 Å². The lowest BCUT2D eigenvalue weighted by Gasteiger charge is -2.38.